The van der Waals surface area contributed by atoms with Gasteiger partial charge in [-0.3, -0.25) is 0 Å². The third-order valence-electron chi connectivity index (χ3n) is 3.60. The van der Waals surface area contributed by atoms with E-state index in [1.54, 1.807) is 0 Å². The summed E-state index contributed by atoms with van der Waals surface area (Å²) in [5.41, 5.74) is -0.341. The fraction of sp³-hybridized carbons (Fsp3) is 1.00. The molecule has 0 aromatic heterocycles. The molecule has 0 spiro atoms. The lowest BCUT2D eigenvalue weighted by Gasteiger charge is -2.32. The van der Waals surface area contributed by atoms with E-state index in [1.165, 1.54) is 19.3 Å². The highest BCUT2D eigenvalue weighted by molar-refractivity contribution is 7.99. The van der Waals surface area contributed by atoms with Crippen molar-refractivity contribution in [3.63, 3.8) is 0 Å². The molecule has 0 heterocycles. The first-order valence-electron chi connectivity index (χ1n) is 6.72. The number of aliphatic hydroxyl groups is 1. The van der Waals surface area contributed by atoms with Crippen LogP contribution in [0.15, 0.2) is 0 Å². The molecular formula is C13H27NOS. The van der Waals surface area contributed by atoms with Crippen molar-refractivity contribution in [2.45, 2.75) is 51.6 Å². The van der Waals surface area contributed by atoms with Crippen molar-refractivity contribution >= 4 is 11.8 Å². The van der Waals surface area contributed by atoms with E-state index in [1.807, 2.05) is 11.8 Å². The summed E-state index contributed by atoms with van der Waals surface area (Å²) in [6.45, 7) is 7.86. The molecule has 1 fully saturated rings. The predicted molar refractivity (Wildman–Crippen MR) is 73.1 cm³/mol. The minimum absolute atomic E-state index is 0.341. The van der Waals surface area contributed by atoms with Gasteiger partial charge in [0.2, 0.25) is 0 Å². The van der Waals surface area contributed by atoms with Crippen LogP contribution >= 0.6 is 11.8 Å². The largest absolute Gasteiger partial charge is 0.389 e. The Bertz CT molecular complexity index is 177. The van der Waals surface area contributed by atoms with E-state index >= 15 is 0 Å². The van der Waals surface area contributed by atoms with Gasteiger partial charge in [0.1, 0.15) is 0 Å². The lowest BCUT2D eigenvalue weighted by Crippen LogP contribution is -2.34. The quantitative estimate of drug-likeness (QED) is 0.698. The lowest BCUT2D eigenvalue weighted by molar-refractivity contribution is 0.0273. The van der Waals surface area contributed by atoms with E-state index in [-0.39, 0.29) is 5.60 Å². The minimum Gasteiger partial charge on any atom is -0.389 e. The molecule has 1 saturated carbocycles. The highest BCUT2D eigenvalue weighted by atomic mass is 32.2. The summed E-state index contributed by atoms with van der Waals surface area (Å²) < 4.78 is 0. The van der Waals surface area contributed by atoms with Crippen molar-refractivity contribution in [3.8, 4) is 0 Å². The number of thioether (sulfide) groups is 1. The molecule has 0 aromatic carbocycles. The van der Waals surface area contributed by atoms with Crippen LogP contribution in [0.1, 0.15) is 46.0 Å². The van der Waals surface area contributed by atoms with Gasteiger partial charge in [0.15, 0.2) is 0 Å². The summed E-state index contributed by atoms with van der Waals surface area (Å²) in [7, 11) is 0. The molecule has 16 heavy (non-hydrogen) atoms. The molecule has 2 nitrogen and oxygen atoms in total. The number of hydrogen-bond donors (Lipinski definition) is 1. The molecular weight excluding hydrogens is 218 g/mol. The standard InChI is InChI=1S/C13H27NOS/c1-3-14(4-2)10-11-16-12-13(15)8-6-5-7-9-13/h15H,3-12H2,1-2H3. The normalized spacial score (nSPS) is 20.2. The topological polar surface area (TPSA) is 23.5 Å². The summed E-state index contributed by atoms with van der Waals surface area (Å²) in [5.74, 6) is 2.10. The monoisotopic (exact) mass is 245 g/mol. The SMILES string of the molecule is CCN(CC)CCSCC1(O)CCCCC1. The Labute approximate surface area is 105 Å². The average Bonchev–Trinajstić information content (AvgIpc) is 2.30. The fourth-order valence-electron chi connectivity index (χ4n) is 2.35. The molecule has 0 saturated heterocycles. The third kappa shape index (κ3) is 5.07. The Morgan fingerprint density at radius 3 is 2.31 bits per heavy atom. The molecule has 1 aliphatic carbocycles. The molecule has 0 aliphatic heterocycles. The lowest BCUT2D eigenvalue weighted by atomic mass is 9.86. The highest BCUT2D eigenvalue weighted by Crippen LogP contribution is 2.30. The average molecular weight is 245 g/mol. The molecule has 3 heteroatoms. The van der Waals surface area contributed by atoms with E-state index in [9.17, 15) is 5.11 Å². The van der Waals surface area contributed by atoms with Gasteiger partial charge >= 0.3 is 0 Å². The van der Waals surface area contributed by atoms with Gasteiger partial charge in [-0.1, -0.05) is 33.1 Å². The van der Waals surface area contributed by atoms with Gasteiger partial charge in [-0.15, -0.1) is 0 Å². The zero-order chi connectivity index (χ0) is 11.9. The van der Waals surface area contributed by atoms with Gasteiger partial charge in [0.25, 0.3) is 0 Å². The molecule has 96 valence electrons. The van der Waals surface area contributed by atoms with Crippen LogP contribution in [0.3, 0.4) is 0 Å². The van der Waals surface area contributed by atoms with Crippen LogP contribution in [0, 0.1) is 0 Å². The fourth-order valence-corrected chi connectivity index (χ4v) is 3.55. The molecule has 1 aliphatic rings. The molecule has 1 rings (SSSR count). The van der Waals surface area contributed by atoms with Crippen LogP contribution in [-0.4, -0.2) is 46.7 Å². The maximum absolute atomic E-state index is 10.3. The van der Waals surface area contributed by atoms with E-state index in [0.717, 1.165) is 44.0 Å². The zero-order valence-electron chi connectivity index (χ0n) is 10.9. The van der Waals surface area contributed by atoms with Crippen molar-refractivity contribution in [2.24, 2.45) is 0 Å². The van der Waals surface area contributed by atoms with Crippen LogP contribution in [0.5, 0.6) is 0 Å². The Kier molecular flexibility index (Phi) is 6.78. The Balaban J connectivity index is 2.09. The van der Waals surface area contributed by atoms with Crippen molar-refractivity contribution in [2.75, 3.05) is 31.1 Å². The van der Waals surface area contributed by atoms with E-state index < -0.39 is 0 Å². The molecule has 1 N–H and O–H groups in total. The Hall–Kier alpha value is 0.270. The smallest absolute Gasteiger partial charge is 0.0737 e. The van der Waals surface area contributed by atoms with Gasteiger partial charge in [-0.25, -0.2) is 0 Å². The van der Waals surface area contributed by atoms with Gasteiger partial charge in [-0.2, -0.15) is 11.8 Å². The van der Waals surface area contributed by atoms with Gasteiger partial charge in [0.05, 0.1) is 5.60 Å². The first kappa shape index (κ1) is 14.3. The molecule has 0 unspecified atom stereocenters. The molecule has 0 atom stereocenters. The third-order valence-corrected chi connectivity index (χ3v) is 4.81. The molecule has 0 aromatic rings. The van der Waals surface area contributed by atoms with E-state index in [2.05, 4.69) is 18.7 Å². The van der Waals surface area contributed by atoms with Crippen molar-refractivity contribution in [1.82, 2.24) is 4.90 Å². The van der Waals surface area contributed by atoms with Crippen LogP contribution in [0.4, 0.5) is 0 Å². The summed E-state index contributed by atoms with van der Waals surface area (Å²) >= 11 is 1.93. The first-order valence-corrected chi connectivity index (χ1v) is 7.88. The second-order valence-corrected chi connectivity index (χ2v) is 5.97. The van der Waals surface area contributed by atoms with Gasteiger partial charge in [0, 0.05) is 18.1 Å². The predicted octanol–water partition coefficient (Wildman–Crippen LogP) is 2.76. The van der Waals surface area contributed by atoms with E-state index in [4.69, 9.17) is 0 Å². The number of nitrogens with zero attached hydrogens (tertiary/aromatic N) is 1. The van der Waals surface area contributed by atoms with Crippen molar-refractivity contribution < 1.29 is 5.11 Å². The summed E-state index contributed by atoms with van der Waals surface area (Å²) in [6.07, 6.45) is 5.78. The van der Waals surface area contributed by atoms with Crippen molar-refractivity contribution in [1.29, 1.82) is 0 Å². The minimum atomic E-state index is -0.341. The molecule has 0 bridgehead atoms. The zero-order valence-corrected chi connectivity index (χ0v) is 11.7. The maximum Gasteiger partial charge on any atom is 0.0737 e. The van der Waals surface area contributed by atoms with Crippen LogP contribution in [-0.2, 0) is 0 Å². The number of rotatable bonds is 7. The number of hydrogen-bond acceptors (Lipinski definition) is 3. The Morgan fingerprint density at radius 2 is 1.75 bits per heavy atom. The van der Waals surface area contributed by atoms with Crippen LogP contribution in [0.25, 0.3) is 0 Å². The van der Waals surface area contributed by atoms with Crippen LogP contribution < -0.4 is 0 Å². The van der Waals surface area contributed by atoms with Crippen molar-refractivity contribution in [3.05, 3.63) is 0 Å². The van der Waals surface area contributed by atoms with Gasteiger partial charge < -0.3 is 10.0 Å². The summed E-state index contributed by atoms with van der Waals surface area (Å²) in [4.78, 5) is 2.44. The van der Waals surface area contributed by atoms with Crippen LogP contribution in [0.2, 0.25) is 0 Å². The maximum atomic E-state index is 10.3. The van der Waals surface area contributed by atoms with E-state index in [0.29, 0.717) is 0 Å². The Morgan fingerprint density at radius 1 is 1.12 bits per heavy atom. The summed E-state index contributed by atoms with van der Waals surface area (Å²) in [6, 6.07) is 0. The second kappa shape index (κ2) is 7.57. The molecule has 0 amide bonds. The summed E-state index contributed by atoms with van der Waals surface area (Å²) in [5, 5.41) is 10.3. The second-order valence-electron chi connectivity index (χ2n) is 4.86. The van der Waals surface area contributed by atoms with Gasteiger partial charge in [-0.05, 0) is 25.9 Å². The molecule has 0 radical (unpaired) electrons. The first-order chi connectivity index (χ1) is 7.70. The highest BCUT2D eigenvalue weighted by Gasteiger charge is 2.28.